The summed E-state index contributed by atoms with van der Waals surface area (Å²) in [5.74, 6) is 1.16. The smallest absolute Gasteiger partial charge is 0.129 e. The molecule has 0 aromatic carbocycles. The largest absolute Gasteiger partial charge is 0.357 e. The molecule has 1 aromatic rings. The number of hydrogen-bond donors (Lipinski definition) is 1. The molecule has 2 heterocycles. The maximum atomic E-state index is 4.77. The Morgan fingerprint density at radius 1 is 1.24 bits per heavy atom. The van der Waals surface area contributed by atoms with Gasteiger partial charge in [0.05, 0.1) is 0 Å². The van der Waals surface area contributed by atoms with Crippen LogP contribution in [0, 0.1) is 12.3 Å². The highest BCUT2D eigenvalue weighted by molar-refractivity contribution is 5.43. The lowest BCUT2D eigenvalue weighted by atomic mass is 9.85. The monoisotopic (exact) mass is 289 g/mol. The zero-order valence-corrected chi connectivity index (χ0v) is 14.4. The average Bonchev–Trinajstić information content (AvgIpc) is 2.57. The number of aromatic nitrogens is 1. The maximum Gasteiger partial charge on any atom is 0.129 e. The second-order valence-corrected chi connectivity index (χ2v) is 7.52. The van der Waals surface area contributed by atoms with E-state index in [9.17, 15) is 0 Å². The Balaban J connectivity index is 2.11. The summed E-state index contributed by atoms with van der Waals surface area (Å²) in [5, 5.41) is 3.50. The third-order valence-electron chi connectivity index (χ3n) is 4.38. The van der Waals surface area contributed by atoms with Gasteiger partial charge in [-0.25, -0.2) is 4.98 Å². The third kappa shape index (κ3) is 4.99. The standard InChI is InChI=1S/C18H31N3/c1-14(2)19-13-16-11-15(3)20-17(12-16)21-9-6-7-18(4,5)8-10-21/h11-12,14,19H,6-10,13H2,1-5H3. The second-order valence-electron chi connectivity index (χ2n) is 7.52. The summed E-state index contributed by atoms with van der Waals surface area (Å²) < 4.78 is 0. The molecule has 0 bridgehead atoms. The van der Waals surface area contributed by atoms with Gasteiger partial charge in [0, 0.05) is 31.4 Å². The molecule has 1 aromatic heterocycles. The van der Waals surface area contributed by atoms with E-state index in [1.807, 2.05) is 0 Å². The molecule has 3 heteroatoms. The predicted octanol–water partition coefficient (Wildman–Crippen LogP) is 3.90. The van der Waals surface area contributed by atoms with E-state index in [0.717, 1.165) is 31.1 Å². The molecule has 1 N–H and O–H groups in total. The second kappa shape index (κ2) is 6.78. The molecule has 2 rings (SSSR count). The van der Waals surface area contributed by atoms with Gasteiger partial charge >= 0.3 is 0 Å². The molecule has 3 nitrogen and oxygen atoms in total. The van der Waals surface area contributed by atoms with Crippen molar-refractivity contribution in [1.29, 1.82) is 0 Å². The van der Waals surface area contributed by atoms with Crippen LogP contribution in [0.3, 0.4) is 0 Å². The van der Waals surface area contributed by atoms with E-state index in [0.29, 0.717) is 11.5 Å². The normalized spacial score (nSPS) is 18.9. The Labute approximate surface area is 130 Å². The Kier molecular flexibility index (Phi) is 5.26. The Morgan fingerprint density at radius 2 is 2.00 bits per heavy atom. The molecule has 1 fully saturated rings. The van der Waals surface area contributed by atoms with Gasteiger partial charge in [0.25, 0.3) is 0 Å². The summed E-state index contributed by atoms with van der Waals surface area (Å²) in [4.78, 5) is 7.25. The van der Waals surface area contributed by atoms with E-state index in [1.54, 1.807) is 0 Å². The van der Waals surface area contributed by atoms with Crippen molar-refractivity contribution in [2.75, 3.05) is 18.0 Å². The molecule has 118 valence electrons. The van der Waals surface area contributed by atoms with Crippen molar-refractivity contribution in [3.05, 3.63) is 23.4 Å². The highest BCUT2D eigenvalue weighted by Crippen LogP contribution is 2.31. The van der Waals surface area contributed by atoms with Gasteiger partial charge in [-0.1, -0.05) is 27.7 Å². The van der Waals surface area contributed by atoms with Gasteiger partial charge in [-0.15, -0.1) is 0 Å². The number of nitrogens with zero attached hydrogens (tertiary/aromatic N) is 2. The summed E-state index contributed by atoms with van der Waals surface area (Å²) in [7, 11) is 0. The number of anilines is 1. The van der Waals surface area contributed by atoms with Gasteiger partial charge < -0.3 is 10.2 Å². The van der Waals surface area contributed by atoms with Crippen LogP contribution in [0.15, 0.2) is 12.1 Å². The highest BCUT2D eigenvalue weighted by Gasteiger charge is 2.23. The van der Waals surface area contributed by atoms with Crippen molar-refractivity contribution >= 4 is 5.82 Å². The quantitative estimate of drug-likeness (QED) is 0.911. The minimum Gasteiger partial charge on any atom is -0.357 e. The molecule has 0 aliphatic carbocycles. The lowest BCUT2D eigenvalue weighted by Crippen LogP contribution is -2.27. The molecule has 21 heavy (non-hydrogen) atoms. The molecule has 1 saturated heterocycles. The molecular weight excluding hydrogens is 258 g/mol. The fraction of sp³-hybridized carbons (Fsp3) is 0.722. The number of pyridine rings is 1. The summed E-state index contributed by atoms with van der Waals surface area (Å²) >= 11 is 0. The van der Waals surface area contributed by atoms with Gasteiger partial charge in [-0.3, -0.25) is 0 Å². The number of rotatable bonds is 4. The van der Waals surface area contributed by atoms with Gasteiger partial charge in [0.15, 0.2) is 0 Å². The van der Waals surface area contributed by atoms with Crippen molar-refractivity contribution in [1.82, 2.24) is 10.3 Å². The van der Waals surface area contributed by atoms with E-state index < -0.39 is 0 Å². The zero-order chi connectivity index (χ0) is 15.5. The number of nitrogens with one attached hydrogen (secondary N) is 1. The van der Waals surface area contributed by atoms with Crippen LogP contribution in [-0.2, 0) is 6.54 Å². The van der Waals surface area contributed by atoms with Crippen molar-refractivity contribution in [3.8, 4) is 0 Å². The first-order chi connectivity index (χ1) is 9.85. The van der Waals surface area contributed by atoms with E-state index in [4.69, 9.17) is 4.98 Å². The zero-order valence-electron chi connectivity index (χ0n) is 14.4. The van der Waals surface area contributed by atoms with Crippen LogP contribution >= 0.6 is 0 Å². The number of aryl methyl sites for hydroxylation is 1. The first kappa shape index (κ1) is 16.3. The van der Waals surface area contributed by atoms with Crippen LogP contribution in [-0.4, -0.2) is 24.1 Å². The molecule has 0 spiro atoms. The van der Waals surface area contributed by atoms with Gasteiger partial charge in [0.2, 0.25) is 0 Å². The molecule has 0 saturated carbocycles. The van der Waals surface area contributed by atoms with E-state index in [-0.39, 0.29) is 0 Å². The molecule has 1 aliphatic heterocycles. The van der Waals surface area contributed by atoms with Crippen LogP contribution in [0.4, 0.5) is 5.82 Å². The predicted molar refractivity (Wildman–Crippen MR) is 90.8 cm³/mol. The minimum absolute atomic E-state index is 0.473. The van der Waals surface area contributed by atoms with Gasteiger partial charge in [0.1, 0.15) is 5.82 Å². The Morgan fingerprint density at radius 3 is 2.71 bits per heavy atom. The van der Waals surface area contributed by atoms with Crippen molar-refractivity contribution in [3.63, 3.8) is 0 Å². The maximum absolute atomic E-state index is 4.77. The Bertz CT molecular complexity index is 466. The summed E-state index contributed by atoms with van der Waals surface area (Å²) in [6, 6.07) is 4.97. The first-order valence-electron chi connectivity index (χ1n) is 8.32. The summed E-state index contributed by atoms with van der Waals surface area (Å²) in [5.41, 5.74) is 2.94. The first-order valence-corrected chi connectivity index (χ1v) is 8.32. The lowest BCUT2D eigenvalue weighted by Gasteiger charge is -2.25. The fourth-order valence-corrected chi connectivity index (χ4v) is 2.96. The van der Waals surface area contributed by atoms with Crippen molar-refractivity contribution in [2.45, 2.75) is 66.5 Å². The average molecular weight is 289 g/mol. The SMILES string of the molecule is Cc1cc(CNC(C)C)cc(N2CCCC(C)(C)CC2)n1. The van der Waals surface area contributed by atoms with Crippen LogP contribution in [0.2, 0.25) is 0 Å². The Hall–Kier alpha value is -1.09. The fourth-order valence-electron chi connectivity index (χ4n) is 2.96. The van der Waals surface area contributed by atoms with E-state index in [1.165, 1.54) is 24.8 Å². The summed E-state index contributed by atoms with van der Waals surface area (Å²) in [6.07, 6.45) is 3.83. The molecule has 0 radical (unpaired) electrons. The minimum atomic E-state index is 0.473. The topological polar surface area (TPSA) is 28.2 Å². The van der Waals surface area contributed by atoms with Gasteiger partial charge in [-0.05, 0) is 49.3 Å². The van der Waals surface area contributed by atoms with Crippen LogP contribution in [0.25, 0.3) is 0 Å². The molecular formula is C18H31N3. The highest BCUT2D eigenvalue weighted by atomic mass is 15.2. The molecule has 0 unspecified atom stereocenters. The molecule has 1 aliphatic rings. The number of hydrogen-bond acceptors (Lipinski definition) is 3. The van der Waals surface area contributed by atoms with Crippen LogP contribution in [0.1, 0.15) is 58.2 Å². The van der Waals surface area contributed by atoms with Crippen molar-refractivity contribution in [2.24, 2.45) is 5.41 Å². The lowest BCUT2D eigenvalue weighted by molar-refractivity contribution is 0.325. The van der Waals surface area contributed by atoms with Gasteiger partial charge in [-0.2, -0.15) is 0 Å². The summed E-state index contributed by atoms with van der Waals surface area (Å²) in [6.45, 7) is 14.4. The molecule has 0 amide bonds. The van der Waals surface area contributed by atoms with Crippen LogP contribution < -0.4 is 10.2 Å². The van der Waals surface area contributed by atoms with E-state index >= 15 is 0 Å². The molecule has 0 atom stereocenters. The third-order valence-corrected chi connectivity index (χ3v) is 4.38. The van der Waals surface area contributed by atoms with Crippen molar-refractivity contribution < 1.29 is 0 Å². The van der Waals surface area contributed by atoms with E-state index in [2.05, 4.69) is 57.0 Å². The van der Waals surface area contributed by atoms with Crippen LogP contribution in [0.5, 0.6) is 0 Å².